The molecule has 260 valence electrons. The van der Waals surface area contributed by atoms with Crippen molar-refractivity contribution in [3.05, 3.63) is 83.4 Å². The minimum atomic E-state index is -1.02. The molecule has 2 amide bonds. The number of hydrogen-bond acceptors (Lipinski definition) is 7. The van der Waals surface area contributed by atoms with Crippen LogP contribution in [-0.4, -0.2) is 60.2 Å². The summed E-state index contributed by atoms with van der Waals surface area (Å²) in [5.41, 5.74) is 3.50. The number of halogens is 3. The average molecular weight is 712 g/mol. The zero-order valence-corrected chi connectivity index (χ0v) is 28.9. The molecule has 1 N–H and O–H groups in total. The zero-order chi connectivity index (χ0) is 35.9. The molecule has 4 aromatic heterocycles. The van der Waals surface area contributed by atoms with Gasteiger partial charge in [0.1, 0.15) is 40.4 Å². The summed E-state index contributed by atoms with van der Waals surface area (Å²) in [6, 6.07) is 8.45. The zero-order valence-electron chi connectivity index (χ0n) is 28.1. The number of hydrogen-bond donors (Lipinski definition) is 1. The third-order valence-corrected chi connectivity index (χ3v) is 10.8. The molecule has 51 heavy (non-hydrogen) atoms. The van der Waals surface area contributed by atoms with Gasteiger partial charge in [-0.3, -0.25) is 14.3 Å². The normalized spacial score (nSPS) is 18.8. The van der Waals surface area contributed by atoms with Crippen molar-refractivity contribution in [2.75, 3.05) is 13.1 Å². The van der Waals surface area contributed by atoms with Crippen LogP contribution in [-0.2, 0) is 16.6 Å². The summed E-state index contributed by atoms with van der Waals surface area (Å²) in [6.45, 7) is 10.0. The van der Waals surface area contributed by atoms with E-state index >= 15 is 8.78 Å². The van der Waals surface area contributed by atoms with E-state index in [1.165, 1.54) is 11.5 Å². The highest BCUT2D eigenvalue weighted by atomic mass is 32.1. The van der Waals surface area contributed by atoms with Gasteiger partial charge in [-0.1, -0.05) is 12.6 Å². The molecule has 6 aromatic rings. The molecule has 0 spiro atoms. The van der Waals surface area contributed by atoms with Crippen molar-refractivity contribution in [1.82, 2.24) is 34.5 Å². The molecule has 0 aliphatic carbocycles. The van der Waals surface area contributed by atoms with Gasteiger partial charge in [-0.05, 0) is 45.0 Å². The van der Waals surface area contributed by atoms with Gasteiger partial charge in [-0.25, -0.2) is 23.1 Å². The first-order chi connectivity index (χ1) is 24.4. The summed E-state index contributed by atoms with van der Waals surface area (Å²) in [7, 11) is 1.92. The summed E-state index contributed by atoms with van der Waals surface area (Å²) in [4.78, 5) is 36.8. The largest absolute Gasteiger partial charge is 0.480 e. The summed E-state index contributed by atoms with van der Waals surface area (Å²) in [6.07, 6.45) is 0.535. The fourth-order valence-electron chi connectivity index (χ4n) is 7.16. The number of thiophene rings is 1. The molecule has 0 saturated carbocycles. The molecule has 0 radical (unpaired) electrons. The lowest BCUT2D eigenvalue weighted by Crippen LogP contribution is -2.42. The molecule has 14 heteroatoms. The van der Waals surface area contributed by atoms with Crippen molar-refractivity contribution in [2.24, 2.45) is 7.05 Å². The molecule has 0 bridgehead atoms. The van der Waals surface area contributed by atoms with Crippen molar-refractivity contribution in [3.63, 3.8) is 0 Å². The fourth-order valence-corrected chi connectivity index (χ4v) is 8.09. The lowest BCUT2D eigenvalue weighted by molar-refractivity contribution is -0.129. The predicted octanol–water partition coefficient (Wildman–Crippen LogP) is 7.02. The molecule has 2 aromatic carbocycles. The van der Waals surface area contributed by atoms with Crippen LogP contribution in [0, 0.1) is 24.4 Å². The Hall–Kier alpha value is -5.50. The van der Waals surface area contributed by atoms with Crippen LogP contribution in [0.1, 0.15) is 43.9 Å². The van der Waals surface area contributed by atoms with Crippen molar-refractivity contribution < 1.29 is 27.5 Å². The molecule has 3 atom stereocenters. The van der Waals surface area contributed by atoms with E-state index in [9.17, 15) is 14.0 Å². The van der Waals surface area contributed by atoms with E-state index in [1.54, 1.807) is 15.6 Å². The Bertz CT molecular complexity index is 2450. The smallest absolute Gasteiger partial charge is 0.261 e. The SMILES string of the molecule is C=CC(=O)N1C[C@H](C)n2nc(-c3nc(-c4ccc5c(c4)nc(C)n5C)c4scc(F)c4c3-c3c(F)cc(F)cc3O[C@H]3CCNC3=O)cc2[C@H]1C. The number of carbonyl (C=O) groups excluding carboxylic acids is 2. The third-order valence-electron chi connectivity index (χ3n) is 9.82. The second kappa shape index (κ2) is 12.1. The van der Waals surface area contributed by atoms with Crippen LogP contribution in [0.2, 0.25) is 0 Å². The number of carbonyl (C=O) groups is 2. The first-order valence-corrected chi connectivity index (χ1v) is 17.3. The Morgan fingerprint density at radius 3 is 2.63 bits per heavy atom. The topological polar surface area (TPSA) is 107 Å². The number of nitrogens with one attached hydrogen (secondary N) is 1. The number of aryl methyl sites for hydroxylation is 2. The van der Waals surface area contributed by atoms with Gasteiger partial charge in [-0.15, -0.1) is 11.3 Å². The van der Waals surface area contributed by atoms with Gasteiger partial charge in [0.2, 0.25) is 5.91 Å². The molecule has 10 nitrogen and oxygen atoms in total. The van der Waals surface area contributed by atoms with E-state index in [0.717, 1.165) is 28.7 Å². The van der Waals surface area contributed by atoms with Crippen LogP contribution in [0.4, 0.5) is 13.2 Å². The van der Waals surface area contributed by atoms with E-state index < -0.39 is 35.5 Å². The number of amides is 2. The van der Waals surface area contributed by atoms with Crippen LogP contribution in [0.3, 0.4) is 0 Å². The number of pyridine rings is 1. The Labute approximate surface area is 294 Å². The van der Waals surface area contributed by atoms with Gasteiger partial charge < -0.3 is 19.5 Å². The summed E-state index contributed by atoms with van der Waals surface area (Å²) in [5.74, 6) is -2.71. The van der Waals surface area contributed by atoms with Gasteiger partial charge in [0.15, 0.2) is 6.10 Å². The minimum Gasteiger partial charge on any atom is -0.480 e. The molecule has 2 aliphatic heterocycles. The second-order valence-corrected chi connectivity index (χ2v) is 13.8. The van der Waals surface area contributed by atoms with E-state index in [2.05, 4.69) is 16.9 Å². The molecule has 0 unspecified atom stereocenters. The highest BCUT2D eigenvalue weighted by Gasteiger charge is 2.35. The first kappa shape index (κ1) is 32.7. The minimum absolute atomic E-state index is 0.00272. The van der Waals surface area contributed by atoms with Crippen molar-refractivity contribution in [3.8, 4) is 39.5 Å². The summed E-state index contributed by atoms with van der Waals surface area (Å²) >= 11 is 1.10. The van der Waals surface area contributed by atoms with Gasteiger partial charge >= 0.3 is 0 Å². The van der Waals surface area contributed by atoms with Gasteiger partial charge in [0.25, 0.3) is 5.91 Å². The Kier molecular flexibility index (Phi) is 7.74. The number of benzene rings is 2. The Morgan fingerprint density at radius 1 is 1.08 bits per heavy atom. The van der Waals surface area contributed by atoms with Crippen molar-refractivity contribution in [2.45, 2.75) is 45.4 Å². The number of aromatic nitrogens is 5. The summed E-state index contributed by atoms with van der Waals surface area (Å²) in [5, 5.41) is 8.95. The van der Waals surface area contributed by atoms with Gasteiger partial charge in [-0.2, -0.15) is 5.10 Å². The van der Waals surface area contributed by atoms with E-state index in [-0.39, 0.29) is 52.0 Å². The lowest BCUT2D eigenvalue weighted by Gasteiger charge is -2.36. The molecule has 1 fully saturated rings. The number of imidazole rings is 1. The molecular formula is C37H32F3N7O3S. The molecule has 1 saturated heterocycles. The van der Waals surface area contributed by atoms with E-state index in [1.807, 2.05) is 50.6 Å². The lowest BCUT2D eigenvalue weighted by atomic mass is 9.94. The standard InChI is InChI=1S/C37H32F3N7O3S/c1-6-30(48)46-15-17(2)47-27(18(46)3)14-25(44-47)35-33(31-22(39)12-21(38)13-29(31)50-28-9-10-41-37(28)49)32-23(40)16-51-36(32)34(43-35)20-7-8-26-24(11-20)42-19(4)45(26)5/h6-8,11-14,16-18,28H,1,9-10,15H2,2-5H3,(H,41,49)/t17-,18+,28-/m0/s1. The highest BCUT2D eigenvalue weighted by Crippen LogP contribution is 2.49. The Morgan fingerprint density at radius 2 is 1.88 bits per heavy atom. The number of fused-ring (bicyclic) bond motifs is 3. The van der Waals surface area contributed by atoms with Crippen LogP contribution >= 0.6 is 11.3 Å². The van der Waals surface area contributed by atoms with Gasteiger partial charge in [0.05, 0.1) is 44.8 Å². The predicted molar refractivity (Wildman–Crippen MR) is 188 cm³/mol. The maximum atomic E-state index is 16.3. The molecule has 6 heterocycles. The monoisotopic (exact) mass is 711 g/mol. The number of rotatable bonds is 6. The van der Waals surface area contributed by atoms with E-state index in [0.29, 0.717) is 46.3 Å². The molecular weight excluding hydrogens is 680 g/mol. The van der Waals surface area contributed by atoms with Crippen LogP contribution in [0.25, 0.3) is 54.9 Å². The fraction of sp³-hybridized carbons (Fsp3) is 0.270. The number of nitrogens with zero attached hydrogens (tertiary/aromatic N) is 6. The Balaban J connectivity index is 1.43. The maximum absolute atomic E-state index is 16.3. The van der Waals surface area contributed by atoms with Crippen molar-refractivity contribution in [1.29, 1.82) is 0 Å². The van der Waals surface area contributed by atoms with Crippen LogP contribution < -0.4 is 10.1 Å². The molecule has 8 rings (SSSR count). The average Bonchev–Trinajstić information content (AvgIpc) is 3.89. The van der Waals surface area contributed by atoms with Crippen LogP contribution in [0.5, 0.6) is 5.75 Å². The summed E-state index contributed by atoms with van der Waals surface area (Å²) < 4.78 is 57.7. The van der Waals surface area contributed by atoms with Crippen LogP contribution in [0.15, 0.2) is 54.4 Å². The quantitative estimate of drug-likeness (QED) is 0.186. The maximum Gasteiger partial charge on any atom is 0.261 e. The van der Waals surface area contributed by atoms with E-state index in [4.69, 9.17) is 14.8 Å². The molecule has 2 aliphatic rings. The first-order valence-electron chi connectivity index (χ1n) is 16.5. The number of ether oxygens (including phenoxy) is 1. The van der Waals surface area contributed by atoms with Gasteiger partial charge in [0, 0.05) is 60.6 Å². The highest BCUT2D eigenvalue weighted by molar-refractivity contribution is 7.17. The van der Waals surface area contributed by atoms with Crippen molar-refractivity contribution >= 4 is 44.3 Å². The third kappa shape index (κ3) is 5.19. The second-order valence-electron chi connectivity index (χ2n) is 13.0.